The fourth-order valence-electron chi connectivity index (χ4n) is 5.33. The molecule has 1 N–H and O–H groups in total. The number of rotatable bonds is 34. The van der Waals surface area contributed by atoms with Crippen LogP contribution in [-0.4, -0.2) is 29.7 Å². The molecule has 6 heteroatoms. The van der Waals surface area contributed by atoms with E-state index < -0.39 is 7.82 Å². The zero-order chi connectivity index (χ0) is 29.4. The summed E-state index contributed by atoms with van der Waals surface area (Å²) in [4.78, 5) is 10.3. The molecule has 0 amide bonds. The van der Waals surface area contributed by atoms with E-state index in [0.29, 0.717) is 19.7 Å². The van der Waals surface area contributed by atoms with Gasteiger partial charge in [0, 0.05) is 13.1 Å². The van der Waals surface area contributed by atoms with Gasteiger partial charge in [0.1, 0.15) is 0 Å². The molecule has 0 aromatic carbocycles. The molecule has 0 aromatic rings. The molecule has 0 aliphatic rings. The highest BCUT2D eigenvalue weighted by Crippen LogP contribution is 2.44. The first kappa shape index (κ1) is 40.1. The first-order valence-electron chi connectivity index (χ1n) is 18.0. The minimum atomic E-state index is -4.05. The minimum Gasteiger partial charge on any atom is -0.301 e. The first-order chi connectivity index (χ1) is 19.6. The second kappa shape index (κ2) is 32.0. The maximum Gasteiger partial charge on any atom is 0.489 e. The Bertz CT molecular complexity index is 518. The van der Waals surface area contributed by atoms with Crippen molar-refractivity contribution >= 4 is 7.82 Å². The smallest absolute Gasteiger partial charge is 0.301 e. The molecule has 40 heavy (non-hydrogen) atoms. The van der Waals surface area contributed by atoms with Gasteiger partial charge in [-0.05, 0) is 19.3 Å². The Kier molecular flexibility index (Phi) is 32.0. The van der Waals surface area contributed by atoms with Crippen molar-refractivity contribution in [2.45, 2.75) is 201 Å². The standard InChI is InChI=1S/C34H72NO4P/c1-4-7-10-13-16-17-18-19-20-21-22-23-24-25-28-31-34-38-40(36,37)39-35(32-29-26-14-11-8-5-2)33-30-27-15-12-9-6-3/h4-34H2,1-3H3,(H,36,37). The molecule has 0 aliphatic carbocycles. The summed E-state index contributed by atoms with van der Waals surface area (Å²) in [5.41, 5.74) is 0. The largest absolute Gasteiger partial charge is 0.489 e. The van der Waals surface area contributed by atoms with E-state index in [4.69, 9.17) is 9.15 Å². The summed E-state index contributed by atoms with van der Waals surface area (Å²) in [6.07, 6.45) is 35.4. The Balaban J connectivity index is 3.87. The molecule has 0 heterocycles. The number of hydroxylamine groups is 2. The van der Waals surface area contributed by atoms with Gasteiger partial charge in [0.2, 0.25) is 0 Å². The van der Waals surface area contributed by atoms with Crippen LogP contribution in [0.2, 0.25) is 0 Å². The van der Waals surface area contributed by atoms with Crippen molar-refractivity contribution in [2.75, 3.05) is 19.7 Å². The molecule has 0 fully saturated rings. The Labute approximate surface area is 251 Å². The lowest BCUT2D eigenvalue weighted by Gasteiger charge is -2.24. The number of nitrogens with zero attached hydrogens (tertiary/aromatic N) is 1. The van der Waals surface area contributed by atoms with Gasteiger partial charge in [-0.25, -0.2) is 4.57 Å². The van der Waals surface area contributed by atoms with Crippen LogP contribution >= 0.6 is 7.82 Å². The summed E-state index contributed by atoms with van der Waals surface area (Å²) < 4.78 is 23.5. The zero-order valence-corrected chi connectivity index (χ0v) is 28.4. The molecule has 0 bridgehead atoms. The SMILES string of the molecule is CCCCCCCCCCCCCCCCCCOP(=O)(O)ON(CCCCCCCC)CCCCCCCC. The van der Waals surface area contributed by atoms with Crippen LogP contribution in [0, 0.1) is 0 Å². The van der Waals surface area contributed by atoms with Crippen molar-refractivity contribution in [3.63, 3.8) is 0 Å². The molecule has 242 valence electrons. The van der Waals surface area contributed by atoms with E-state index >= 15 is 0 Å². The normalized spacial score (nSPS) is 13.3. The molecular weight excluding hydrogens is 517 g/mol. The van der Waals surface area contributed by atoms with Crippen LogP contribution in [0.5, 0.6) is 0 Å². The molecule has 1 atom stereocenters. The Morgan fingerprint density at radius 1 is 0.450 bits per heavy atom. The zero-order valence-electron chi connectivity index (χ0n) is 27.5. The van der Waals surface area contributed by atoms with Crippen LogP contribution in [0.3, 0.4) is 0 Å². The predicted octanol–water partition coefficient (Wildman–Crippen LogP) is 12.3. The van der Waals surface area contributed by atoms with E-state index in [1.807, 2.05) is 0 Å². The van der Waals surface area contributed by atoms with Gasteiger partial charge in [-0.1, -0.05) is 181 Å². The van der Waals surface area contributed by atoms with Crippen LogP contribution in [0.15, 0.2) is 0 Å². The lowest BCUT2D eigenvalue weighted by atomic mass is 10.0. The highest BCUT2D eigenvalue weighted by Gasteiger charge is 2.25. The van der Waals surface area contributed by atoms with E-state index in [0.717, 1.165) is 38.5 Å². The lowest BCUT2D eigenvalue weighted by molar-refractivity contribution is -0.0885. The van der Waals surface area contributed by atoms with Crippen molar-refractivity contribution < 1.29 is 18.6 Å². The summed E-state index contributed by atoms with van der Waals surface area (Å²) >= 11 is 0. The van der Waals surface area contributed by atoms with Crippen molar-refractivity contribution in [2.24, 2.45) is 0 Å². The van der Waals surface area contributed by atoms with Crippen molar-refractivity contribution in [3.8, 4) is 0 Å². The highest BCUT2D eigenvalue weighted by atomic mass is 31.2. The molecule has 0 rings (SSSR count). The third kappa shape index (κ3) is 31.0. The average molecular weight is 590 g/mol. The lowest BCUT2D eigenvalue weighted by Crippen LogP contribution is -2.26. The second-order valence-electron chi connectivity index (χ2n) is 12.2. The highest BCUT2D eigenvalue weighted by molar-refractivity contribution is 7.47. The van der Waals surface area contributed by atoms with Gasteiger partial charge in [-0.15, -0.1) is 0 Å². The van der Waals surface area contributed by atoms with Crippen molar-refractivity contribution in [1.82, 2.24) is 5.06 Å². The van der Waals surface area contributed by atoms with Crippen LogP contribution in [0.4, 0.5) is 0 Å². The van der Waals surface area contributed by atoms with E-state index in [2.05, 4.69) is 20.8 Å². The van der Waals surface area contributed by atoms with E-state index in [1.54, 1.807) is 5.06 Å². The van der Waals surface area contributed by atoms with E-state index in [9.17, 15) is 9.46 Å². The monoisotopic (exact) mass is 590 g/mol. The molecule has 0 saturated heterocycles. The topological polar surface area (TPSA) is 59.0 Å². The quantitative estimate of drug-likeness (QED) is 0.0459. The molecule has 0 aliphatic heterocycles. The predicted molar refractivity (Wildman–Crippen MR) is 175 cm³/mol. The molecule has 5 nitrogen and oxygen atoms in total. The summed E-state index contributed by atoms with van der Waals surface area (Å²) in [5.74, 6) is 0. The maximum atomic E-state index is 12.6. The first-order valence-corrected chi connectivity index (χ1v) is 19.5. The van der Waals surface area contributed by atoms with E-state index in [-0.39, 0.29) is 0 Å². The van der Waals surface area contributed by atoms with Gasteiger partial charge in [-0.2, -0.15) is 9.69 Å². The Morgan fingerprint density at radius 2 is 0.725 bits per heavy atom. The fraction of sp³-hybridized carbons (Fsp3) is 1.00. The summed E-state index contributed by atoms with van der Waals surface area (Å²) in [6, 6.07) is 0. The third-order valence-electron chi connectivity index (χ3n) is 7.99. The Hall–Kier alpha value is 0.0700. The Morgan fingerprint density at radius 3 is 1.05 bits per heavy atom. The molecule has 0 aromatic heterocycles. The van der Waals surface area contributed by atoms with Crippen molar-refractivity contribution in [1.29, 1.82) is 0 Å². The summed E-state index contributed by atoms with van der Waals surface area (Å²) in [5, 5.41) is 1.72. The fourth-order valence-corrected chi connectivity index (χ4v) is 6.19. The number of phosphoric acid groups is 1. The van der Waals surface area contributed by atoms with Crippen LogP contribution in [0.1, 0.15) is 201 Å². The molecular formula is C34H72NO4P. The van der Waals surface area contributed by atoms with Crippen molar-refractivity contribution in [3.05, 3.63) is 0 Å². The second-order valence-corrected chi connectivity index (χ2v) is 13.5. The number of hydrogen-bond acceptors (Lipinski definition) is 4. The van der Waals surface area contributed by atoms with Gasteiger partial charge in [0.05, 0.1) is 6.61 Å². The third-order valence-corrected chi connectivity index (χ3v) is 8.94. The molecule has 0 spiro atoms. The van der Waals surface area contributed by atoms with Gasteiger partial charge in [-0.3, -0.25) is 4.52 Å². The summed E-state index contributed by atoms with van der Waals surface area (Å²) in [7, 11) is -4.05. The maximum absolute atomic E-state index is 12.6. The number of hydrogen-bond donors (Lipinski definition) is 1. The minimum absolute atomic E-state index is 0.300. The number of unbranched alkanes of at least 4 members (excludes halogenated alkanes) is 25. The summed E-state index contributed by atoms with van der Waals surface area (Å²) in [6.45, 7) is 8.45. The average Bonchev–Trinajstić information content (AvgIpc) is 2.93. The number of phosphoric ester groups is 1. The van der Waals surface area contributed by atoms with Gasteiger partial charge < -0.3 is 4.89 Å². The van der Waals surface area contributed by atoms with E-state index in [1.165, 1.54) is 141 Å². The van der Waals surface area contributed by atoms with Gasteiger partial charge in [0.15, 0.2) is 0 Å². The van der Waals surface area contributed by atoms with Crippen LogP contribution < -0.4 is 0 Å². The molecule has 0 radical (unpaired) electrons. The van der Waals surface area contributed by atoms with Gasteiger partial charge in [0.25, 0.3) is 0 Å². The molecule has 0 saturated carbocycles. The van der Waals surface area contributed by atoms with Gasteiger partial charge >= 0.3 is 7.82 Å². The van der Waals surface area contributed by atoms with Crippen LogP contribution in [0.25, 0.3) is 0 Å². The molecule has 1 unspecified atom stereocenters. The van der Waals surface area contributed by atoms with Crippen LogP contribution in [-0.2, 0) is 13.7 Å².